The molecule has 3 heterocycles. The lowest BCUT2D eigenvalue weighted by atomic mass is 10.0. The maximum Gasteiger partial charge on any atom is 0.246 e. The Morgan fingerprint density at radius 3 is 1.89 bits per heavy atom. The highest BCUT2D eigenvalue weighted by atomic mass is 16.2. The van der Waals surface area contributed by atoms with E-state index < -0.39 is 24.2 Å². The first-order chi connectivity index (χ1) is 18.0. The fourth-order valence-corrected chi connectivity index (χ4v) is 5.88. The van der Waals surface area contributed by atoms with Gasteiger partial charge in [0.25, 0.3) is 0 Å². The highest BCUT2D eigenvalue weighted by molar-refractivity contribution is 5.95. The Balaban J connectivity index is 1.46. The van der Waals surface area contributed by atoms with E-state index in [0.29, 0.717) is 38.8 Å². The highest BCUT2D eigenvalue weighted by Crippen LogP contribution is 2.26. The van der Waals surface area contributed by atoms with Crippen molar-refractivity contribution in [3.05, 3.63) is 71.8 Å². The molecule has 0 aromatic heterocycles. The molecule has 4 amide bonds. The lowest BCUT2D eigenvalue weighted by Crippen LogP contribution is -2.56. The van der Waals surface area contributed by atoms with Crippen LogP contribution in [0.1, 0.15) is 43.2 Å². The van der Waals surface area contributed by atoms with Crippen molar-refractivity contribution in [2.75, 3.05) is 13.1 Å². The molecule has 8 heteroatoms. The zero-order valence-electron chi connectivity index (χ0n) is 21.0. The quantitative estimate of drug-likeness (QED) is 0.667. The maximum absolute atomic E-state index is 13.8. The first kappa shape index (κ1) is 25.0. The number of nitrogens with one attached hydrogen (secondary N) is 2. The second-order valence-electron chi connectivity index (χ2n) is 10.3. The van der Waals surface area contributed by atoms with E-state index in [1.165, 1.54) is 0 Å². The fourth-order valence-electron chi connectivity index (χ4n) is 5.88. The van der Waals surface area contributed by atoms with Crippen LogP contribution in [-0.4, -0.2) is 70.7 Å². The fraction of sp³-hybridized carbons (Fsp3) is 0.448. The number of carbonyl (C=O) groups excluding carboxylic acids is 4. The van der Waals surface area contributed by atoms with Gasteiger partial charge in [0.2, 0.25) is 23.6 Å². The van der Waals surface area contributed by atoms with Gasteiger partial charge in [0, 0.05) is 32.0 Å². The molecule has 0 bridgehead atoms. The molecule has 0 radical (unpaired) electrons. The van der Waals surface area contributed by atoms with Gasteiger partial charge in [0.05, 0.1) is 0 Å². The van der Waals surface area contributed by atoms with Gasteiger partial charge in [0.1, 0.15) is 18.1 Å². The van der Waals surface area contributed by atoms with Crippen LogP contribution in [-0.2, 0) is 32.0 Å². The van der Waals surface area contributed by atoms with E-state index in [2.05, 4.69) is 10.6 Å². The van der Waals surface area contributed by atoms with Crippen LogP contribution >= 0.6 is 0 Å². The van der Waals surface area contributed by atoms with Crippen molar-refractivity contribution < 1.29 is 19.2 Å². The van der Waals surface area contributed by atoms with E-state index in [1.54, 1.807) is 9.80 Å². The van der Waals surface area contributed by atoms with Crippen molar-refractivity contribution in [3.63, 3.8) is 0 Å². The minimum Gasteiger partial charge on any atom is -0.351 e. The lowest BCUT2D eigenvalue weighted by Gasteiger charge is -2.32. The van der Waals surface area contributed by atoms with E-state index in [-0.39, 0.29) is 30.0 Å². The van der Waals surface area contributed by atoms with E-state index in [4.69, 9.17) is 0 Å². The van der Waals surface area contributed by atoms with Gasteiger partial charge in [-0.25, -0.2) is 0 Å². The van der Waals surface area contributed by atoms with Gasteiger partial charge >= 0.3 is 0 Å². The smallest absolute Gasteiger partial charge is 0.246 e. The molecule has 3 fully saturated rings. The molecule has 0 saturated carbocycles. The molecule has 3 saturated heterocycles. The SMILES string of the molecule is O=C1C[C@@H](Cc2ccccc2)NC(=O)[C@@H]2CCCN2C(=O)[C@H]2CCCN2C(=O)[C@H](Cc2ccccc2)N1. The zero-order chi connectivity index (χ0) is 25.8. The molecule has 3 aliphatic rings. The third-order valence-electron chi connectivity index (χ3n) is 7.68. The number of benzene rings is 2. The van der Waals surface area contributed by atoms with Crippen molar-refractivity contribution >= 4 is 23.6 Å². The number of rotatable bonds is 4. The average molecular weight is 503 g/mol. The summed E-state index contributed by atoms with van der Waals surface area (Å²) in [5.74, 6) is -0.912. The minimum atomic E-state index is -0.786. The average Bonchev–Trinajstić information content (AvgIpc) is 3.59. The summed E-state index contributed by atoms with van der Waals surface area (Å²) in [5.41, 5.74) is 1.93. The van der Waals surface area contributed by atoms with E-state index in [1.807, 2.05) is 60.7 Å². The van der Waals surface area contributed by atoms with Crippen molar-refractivity contribution in [3.8, 4) is 0 Å². The van der Waals surface area contributed by atoms with Crippen LogP contribution in [0.2, 0.25) is 0 Å². The third kappa shape index (κ3) is 5.68. The molecule has 0 spiro atoms. The van der Waals surface area contributed by atoms with Gasteiger partial charge in [-0.2, -0.15) is 0 Å². The van der Waals surface area contributed by atoms with Gasteiger partial charge in [-0.05, 0) is 43.2 Å². The summed E-state index contributed by atoms with van der Waals surface area (Å²) in [7, 11) is 0. The van der Waals surface area contributed by atoms with Gasteiger partial charge in [0.15, 0.2) is 0 Å². The van der Waals surface area contributed by atoms with Crippen LogP contribution in [0.5, 0.6) is 0 Å². The third-order valence-corrected chi connectivity index (χ3v) is 7.68. The van der Waals surface area contributed by atoms with E-state index in [9.17, 15) is 19.2 Å². The Kier molecular flexibility index (Phi) is 7.53. The standard InChI is InChI=1S/C29H34N4O4/c34-26-19-22(17-20-9-3-1-4-10-20)30-27(35)24-13-7-15-32(24)29(37)25-14-8-16-33(25)28(36)23(31-26)18-21-11-5-2-6-12-21/h1-6,9-12,22-25H,7-8,13-19H2,(H,30,35)(H,31,34)/t22-,23+,24+,25-/m1/s1. The summed E-state index contributed by atoms with van der Waals surface area (Å²) in [6.45, 7) is 0.973. The van der Waals surface area contributed by atoms with Gasteiger partial charge in [-0.1, -0.05) is 60.7 Å². The highest BCUT2D eigenvalue weighted by Gasteiger charge is 2.44. The molecule has 0 unspecified atom stereocenters. The monoisotopic (exact) mass is 502 g/mol. The predicted octanol–water partition coefficient (Wildman–Crippen LogP) is 1.83. The van der Waals surface area contributed by atoms with Crippen LogP contribution in [0.25, 0.3) is 0 Å². The molecule has 4 atom stereocenters. The Hall–Kier alpha value is -3.68. The first-order valence-electron chi connectivity index (χ1n) is 13.3. The first-order valence-corrected chi connectivity index (χ1v) is 13.3. The summed E-state index contributed by atoms with van der Waals surface area (Å²) in [4.78, 5) is 57.5. The summed E-state index contributed by atoms with van der Waals surface area (Å²) in [6.07, 6.45) is 3.47. The lowest BCUT2D eigenvalue weighted by molar-refractivity contribution is -0.147. The van der Waals surface area contributed by atoms with Crippen LogP contribution in [0.15, 0.2) is 60.7 Å². The second kappa shape index (κ2) is 11.2. The number of hydrogen-bond acceptors (Lipinski definition) is 4. The molecular formula is C29H34N4O4. The van der Waals surface area contributed by atoms with Crippen molar-refractivity contribution in [1.29, 1.82) is 0 Å². The van der Waals surface area contributed by atoms with Crippen LogP contribution < -0.4 is 10.6 Å². The minimum absolute atomic E-state index is 0.0449. The topological polar surface area (TPSA) is 98.8 Å². The zero-order valence-corrected chi connectivity index (χ0v) is 21.0. The summed E-state index contributed by atoms with van der Waals surface area (Å²) >= 11 is 0. The Morgan fingerprint density at radius 1 is 0.676 bits per heavy atom. The van der Waals surface area contributed by atoms with Crippen LogP contribution in [0.3, 0.4) is 0 Å². The molecule has 8 nitrogen and oxygen atoms in total. The largest absolute Gasteiger partial charge is 0.351 e. The predicted molar refractivity (Wildman–Crippen MR) is 138 cm³/mol. The normalized spacial score (nSPS) is 26.9. The summed E-state index contributed by atoms with van der Waals surface area (Å²) < 4.78 is 0. The molecule has 2 aromatic carbocycles. The van der Waals surface area contributed by atoms with Crippen molar-refractivity contribution in [1.82, 2.24) is 20.4 Å². The second-order valence-corrected chi connectivity index (χ2v) is 10.3. The van der Waals surface area contributed by atoms with Gasteiger partial charge < -0.3 is 20.4 Å². The van der Waals surface area contributed by atoms with Crippen molar-refractivity contribution in [2.24, 2.45) is 0 Å². The van der Waals surface area contributed by atoms with Crippen LogP contribution in [0, 0.1) is 0 Å². The molecule has 3 aliphatic heterocycles. The number of carbonyl (C=O) groups is 4. The summed E-state index contributed by atoms with van der Waals surface area (Å²) in [5, 5.41) is 6.02. The Labute approximate surface area is 217 Å². The molecular weight excluding hydrogens is 468 g/mol. The molecule has 2 N–H and O–H groups in total. The Morgan fingerprint density at radius 2 is 1.24 bits per heavy atom. The maximum atomic E-state index is 13.8. The molecule has 2 aromatic rings. The Bertz CT molecular complexity index is 1140. The number of amides is 4. The molecule has 0 aliphatic carbocycles. The van der Waals surface area contributed by atoms with Gasteiger partial charge in [-0.3, -0.25) is 19.2 Å². The number of nitrogens with zero attached hydrogens (tertiary/aromatic N) is 2. The van der Waals surface area contributed by atoms with E-state index >= 15 is 0 Å². The molecule has 5 rings (SSSR count). The van der Waals surface area contributed by atoms with Crippen molar-refractivity contribution in [2.45, 2.75) is 69.1 Å². The molecule has 37 heavy (non-hydrogen) atoms. The van der Waals surface area contributed by atoms with Crippen LogP contribution in [0.4, 0.5) is 0 Å². The van der Waals surface area contributed by atoms with Gasteiger partial charge in [-0.15, -0.1) is 0 Å². The molecule has 194 valence electrons. The van der Waals surface area contributed by atoms with E-state index in [0.717, 1.165) is 24.0 Å². The summed E-state index contributed by atoms with van der Waals surface area (Å²) in [6, 6.07) is 16.9. The number of fused-ring (bicyclic) bond motifs is 2. The number of hydrogen-bond donors (Lipinski definition) is 2.